The van der Waals surface area contributed by atoms with Crippen LogP contribution >= 0.6 is 0 Å². The zero-order chi connectivity index (χ0) is 27.1. The fraction of sp³-hybridized carbons (Fsp3) is 0.400. The third-order valence-electron chi connectivity index (χ3n) is 4.93. The monoisotopic (exact) mass is 510 g/mol. The zero-order valence-electron chi connectivity index (χ0n) is 20.3. The molecule has 0 unspecified atom stereocenters. The predicted molar refractivity (Wildman–Crippen MR) is 124 cm³/mol. The molecule has 2 atom stereocenters. The number of nitrogens with one attached hydrogen (secondary N) is 1. The maximum absolute atomic E-state index is 13.1. The molecule has 36 heavy (non-hydrogen) atoms. The third kappa shape index (κ3) is 8.56. The quantitative estimate of drug-likeness (QED) is 0.384. The molecular weight excluding hydrogens is 481 g/mol. The van der Waals surface area contributed by atoms with E-state index in [9.17, 15) is 32.7 Å². The molecule has 2 N–H and O–H groups in total. The Bertz CT molecular complexity index is 1050. The number of ether oxygens (including phenoxy) is 2. The average molecular weight is 511 g/mol. The van der Waals surface area contributed by atoms with Gasteiger partial charge in [-0.3, -0.25) is 4.79 Å². The number of carbonyl (C=O) groups is 3. The lowest BCUT2D eigenvalue weighted by molar-refractivity contribution is -0.151. The van der Waals surface area contributed by atoms with E-state index < -0.39 is 53.9 Å². The second-order valence-electron chi connectivity index (χ2n) is 9.00. The van der Waals surface area contributed by atoms with Crippen molar-refractivity contribution in [1.82, 2.24) is 10.4 Å². The van der Waals surface area contributed by atoms with Crippen LogP contribution in [-0.4, -0.2) is 52.9 Å². The minimum absolute atomic E-state index is 0.0460. The van der Waals surface area contributed by atoms with Crippen LogP contribution in [0.25, 0.3) is 0 Å². The number of aliphatic carboxylic acids is 1. The number of esters is 1. The van der Waals surface area contributed by atoms with Crippen molar-refractivity contribution in [1.29, 1.82) is 0 Å². The van der Waals surface area contributed by atoms with Crippen molar-refractivity contribution in [2.24, 2.45) is 0 Å². The van der Waals surface area contributed by atoms with E-state index in [4.69, 9.17) is 9.47 Å². The average Bonchev–Trinajstić information content (AvgIpc) is 2.79. The summed E-state index contributed by atoms with van der Waals surface area (Å²) in [6.45, 7) is 4.76. The Morgan fingerprint density at radius 1 is 0.972 bits per heavy atom. The third-order valence-corrected chi connectivity index (χ3v) is 4.93. The molecule has 0 fully saturated rings. The Morgan fingerprint density at radius 3 is 2.11 bits per heavy atom. The molecule has 11 heteroatoms. The normalized spacial score (nSPS) is 13.4. The lowest BCUT2D eigenvalue weighted by atomic mass is 10.0. The first-order chi connectivity index (χ1) is 16.7. The molecule has 0 aliphatic heterocycles. The number of nitrogens with zero attached hydrogens (tertiary/aromatic N) is 1. The van der Waals surface area contributed by atoms with Crippen LogP contribution in [0.1, 0.15) is 37.5 Å². The summed E-state index contributed by atoms with van der Waals surface area (Å²) >= 11 is 0. The fourth-order valence-electron chi connectivity index (χ4n) is 3.30. The highest BCUT2D eigenvalue weighted by Crippen LogP contribution is 2.29. The lowest BCUT2D eigenvalue weighted by Gasteiger charge is -2.34. The SMILES string of the molecule is COC(=O)[C@H](Cc1ccccc1)N(N[C@@H](Cc1cccc(C(F)(F)F)c1)C(=O)O)C(=O)OC(C)(C)C. The molecule has 0 bridgehead atoms. The van der Waals surface area contributed by atoms with Crippen LogP contribution in [-0.2, 0) is 38.1 Å². The van der Waals surface area contributed by atoms with Gasteiger partial charge in [0.15, 0.2) is 6.04 Å². The number of hydrogen-bond donors (Lipinski definition) is 2. The second-order valence-corrected chi connectivity index (χ2v) is 9.00. The molecule has 2 aromatic rings. The number of benzene rings is 2. The highest BCUT2D eigenvalue weighted by Gasteiger charge is 2.37. The van der Waals surface area contributed by atoms with Gasteiger partial charge in [-0.2, -0.15) is 13.2 Å². The van der Waals surface area contributed by atoms with Crippen LogP contribution in [0.15, 0.2) is 54.6 Å². The molecule has 0 aromatic heterocycles. The van der Waals surface area contributed by atoms with Crippen molar-refractivity contribution in [3.8, 4) is 0 Å². The predicted octanol–water partition coefficient (Wildman–Crippen LogP) is 4.23. The summed E-state index contributed by atoms with van der Waals surface area (Å²) in [5.41, 5.74) is 1.27. The number of alkyl halides is 3. The molecule has 0 spiro atoms. The van der Waals surface area contributed by atoms with Crippen LogP contribution in [0.2, 0.25) is 0 Å². The van der Waals surface area contributed by atoms with Crippen LogP contribution in [0.3, 0.4) is 0 Å². The first-order valence-corrected chi connectivity index (χ1v) is 11.0. The Kier molecular flexibility index (Phi) is 9.46. The molecule has 0 aliphatic carbocycles. The number of carbonyl (C=O) groups excluding carboxylic acids is 2. The van der Waals surface area contributed by atoms with Gasteiger partial charge in [-0.05, 0) is 38.0 Å². The van der Waals surface area contributed by atoms with Gasteiger partial charge in [-0.1, -0.05) is 48.5 Å². The summed E-state index contributed by atoms with van der Waals surface area (Å²) in [6.07, 6.45) is -6.13. The number of halogens is 3. The van der Waals surface area contributed by atoms with E-state index in [-0.39, 0.29) is 12.0 Å². The van der Waals surface area contributed by atoms with E-state index in [1.165, 1.54) is 6.07 Å². The van der Waals surface area contributed by atoms with Crippen LogP contribution in [0, 0.1) is 0 Å². The van der Waals surface area contributed by atoms with Gasteiger partial charge in [0.2, 0.25) is 0 Å². The van der Waals surface area contributed by atoms with Crippen molar-refractivity contribution in [2.75, 3.05) is 7.11 Å². The summed E-state index contributed by atoms with van der Waals surface area (Å²) in [4.78, 5) is 37.9. The van der Waals surface area contributed by atoms with Crippen molar-refractivity contribution >= 4 is 18.0 Å². The molecule has 0 saturated heterocycles. The van der Waals surface area contributed by atoms with E-state index in [2.05, 4.69) is 5.43 Å². The molecule has 0 saturated carbocycles. The molecule has 8 nitrogen and oxygen atoms in total. The molecule has 0 radical (unpaired) electrons. The van der Waals surface area contributed by atoms with Gasteiger partial charge in [0, 0.05) is 12.8 Å². The van der Waals surface area contributed by atoms with Gasteiger partial charge < -0.3 is 14.6 Å². The second kappa shape index (κ2) is 11.9. The van der Waals surface area contributed by atoms with E-state index in [0.717, 1.165) is 30.3 Å². The Morgan fingerprint density at radius 2 is 1.58 bits per heavy atom. The zero-order valence-corrected chi connectivity index (χ0v) is 20.3. The first kappa shape index (κ1) is 28.6. The van der Waals surface area contributed by atoms with Gasteiger partial charge in [0.1, 0.15) is 11.6 Å². The molecule has 2 aromatic carbocycles. The Hall–Kier alpha value is -3.60. The van der Waals surface area contributed by atoms with Crippen molar-refractivity contribution in [3.63, 3.8) is 0 Å². The standard InChI is InChI=1S/C25H29F3N2O6/c1-24(2,3)36-23(34)30(20(22(33)35-4)15-16-9-6-5-7-10-16)29-19(21(31)32)14-17-11-8-12-18(13-17)25(26,27)28/h5-13,19-20,29H,14-15H2,1-4H3,(H,31,32)/t19-,20-/m0/s1. The van der Waals surface area contributed by atoms with E-state index >= 15 is 0 Å². The van der Waals surface area contributed by atoms with Crippen LogP contribution < -0.4 is 5.43 Å². The van der Waals surface area contributed by atoms with E-state index in [1.54, 1.807) is 51.1 Å². The summed E-state index contributed by atoms with van der Waals surface area (Å²) < 4.78 is 49.6. The first-order valence-electron chi connectivity index (χ1n) is 11.0. The topological polar surface area (TPSA) is 105 Å². The number of methoxy groups -OCH3 is 1. The van der Waals surface area contributed by atoms with Gasteiger partial charge >= 0.3 is 24.2 Å². The van der Waals surface area contributed by atoms with Crippen molar-refractivity contribution < 1.29 is 42.1 Å². The van der Waals surface area contributed by atoms with E-state index in [0.29, 0.717) is 5.56 Å². The van der Waals surface area contributed by atoms with E-state index in [1.807, 2.05) is 0 Å². The number of hydrogen-bond acceptors (Lipinski definition) is 6. The smallest absolute Gasteiger partial charge is 0.425 e. The summed E-state index contributed by atoms with van der Waals surface area (Å²) in [5, 5.41) is 10.5. The number of hydrazine groups is 1. The highest BCUT2D eigenvalue weighted by molar-refractivity contribution is 5.82. The van der Waals surface area contributed by atoms with Gasteiger partial charge in [-0.15, -0.1) is 0 Å². The van der Waals surface area contributed by atoms with Gasteiger partial charge in [-0.25, -0.2) is 20.0 Å². The maximum Gasteiger partial charge on any atom is 0.425 e. The summed E-state index contributed by atoms with van der Waals surface area (Å²) in [7, 11) is 1.12. The lowest BCUT2D eigenvalue weighted by Crippen LogP contribution is -2.60. The van der Waals surface area contributed by atoms with Gasteiger partial charge in [0.05, 0.1) is 12.7 Å². The minimum atomic E-state index is -4.61. The number of rotatable bonds is 9. The molecule has 1 amide bonds. The molecule has 2 rings (SSSR count). The van der Waals surface area contributed by atoms with Gasteiger partial charge in [0.25, 0.3) is 0 Å². The number of carboxylic acids is 1. The number of carboxylic acid groups (broad SMARTS) is 1. The van der Waals surface area contributed by atoms with Crippen molar-refractivity contribution in [3.05, 3.63) is 71.3 Å². The summed E-state index contributed by atoms with van der Waals surface area (Å²) in [6, 6.07) is 9.91. The Labute approximate surface area is 207 Å². The van der Waals surface area contributed by atoms with Crippen LogP contribution in [0.5, 0.6) is 0 Å². The highest BCUT2D eigenvalue weighted by atomic mass is 19.4. The van der Waals surface area contributed by atoms with Crippen molar-refractivity contribution in [2.45, 2.75) is 57.5 Å². The molecule has 196 valence electrons. The largest absolute Gasteiger partial charge is 0.480 e. The summed E-state index contributed by atoms with van der Waals surface area (Å²) in [5.74, 6) is -2.30. The molecule has 0 aliphatic rings. The molecule has 0 heterocycles. The minimum Gasteiger partial charge on any atom is -0.480 e. The molecular formula is C25H29F3N2O6. The number of amides is 1. The fourth-order valence-corrected chi connectivity index (χ4v) is 3.30. The maximum atomic E-state index is 13.1. The van der Waals surface area contributed by atoms with Crippen LogP contribution in [0.4, 0.5) is 18.0 Å². The Balaban J connectivity index is 2.44.